The number of aromatic nitrogens is 1. The fourth-order valence-corrected chi connectivity index (χ4v) is 4.04. The maximum absolute atomic E-state index is 4.56. The van der Waals surface area contributed by atoms with Crippen LogP contribution in [0.25, 0.3) is 0 Å². The van der Waals surface area contributed by atoms with Gasteiger partial charge in [-0.2, -0.15) is 0 Å². The number of hydrogen-bond acceptors (Lipinski definition) is 3. The average molecular weight is 287 g/mol. The molecule has 0 amide bonds. The molecular formula is C18H29N3. The molecule has 3 heteroatoms. The molecule has 0 bridgehead atoms. The first-order valence-electron chi connectivity index (χ1n) is 8.62. The quantitative estimate of drug-likeness (QED) is 0.921. The Hall–Kier alpha value is -0.930. The molecular weight excluding hydrogens is 258 g/mol. The maximum Gasteiger partial charge on any atom is 0.0544 e. The molecule has 116 valence electrons. The summed E-state index contributed by atoms with van der Waals surface area (Å²) in [4.78, 5) is 7.30. The molecule has 1 N–H and O–H groups in total. The largest absolute Gasteiger partial charge is 0.311 e. The highest BCUT2D eigenvalue weighted by Gasteiger charge is 2.44. The van der Waals surface area contributed by atoms with Gasteiger partial charge in [0.15, 0.2) is 0 Å². The number of rotatable bonds is 4. The van der Waals surface area contributed by atoms with Gasteiger partial charge in [0.1, 0.15) is 0 Å². The van der Waals surface area contributed by atoms with Gasteiger partial charge in [-0.05, 0) is 30.9 Å². The summed E-state index contributed by atoms with van der Waals surface area (Å²) in [5.41, 5.74) is 1.61. The average Bonchev–Trinajstić information content (AvgIpc) is 2.99. The van der Waals surface area contributed by atoms with Crippen molar-refractivity contribution in [1.29, 1.82) is 0 Å². The molecule has 0 radical (unpaired) electrons. The van der Waals surface area contributed by atoms with Crippen molar-refractivity contribution >= 4 is 0 Å². The molecule has 2 unspecified atom stereocenters. The van der Waals surface area contributed by atoms with Gasteiger partial charge in [0.25, 0.3) is 0 Å². The number of hydrogen-bond donors (Lipinski definition) is 1. The monoisotopic (exact) mass is 287 g/mol. The lowest BCUT2D eigenvalue weighted by Crippen LogP contribution is -2.64. The lowest BCUT2D eigenvalue weighted by Gasteiger charge is -2.49. The van der Waals surface area contributed by atoms with Gasteiger partial charge in [0.05, 0.1) is 5.69 Å². The third kappa shape index (κ3) is 3.14. The minimum absolute atomic E-state index is 0.390. The van der Waals surface area contributed by atoms with Gasteiger partial charge in [0, 0.05) is 37.4 Å². The molecule has 1 aliphatic carbocycles. The highest BCUT2D eigenvalue weighted by atomic mass is 15.3. The number of nitrogens with zero attached hydrogens (tertiary/aromatic N) is 2. The minimum atomic E-state index is 0.390. The summed E-state index contributed by atoms with van der Waals surface area (Å²) in [6.07, 6.45) is 8.63. The molecule has 2 fully saturated rings. The highest BCUT2D eigenvalue weighted by Crippen LogP contribution is 2.38. The smallest absolute Gasteiger partial charge is 0.0544 e. The van der Waals surface area contributed by atoms with Gasteiger partial charge in [-0.3, -0.25) is 9.88 Å². The molecule has 1 aromatic rings. The highest BCUT2D eigenvalue weighted by molar-refractivity contribution is 5.08. The zero-order valence-corrected chi connectivity index (χ0v) is 13.5. The lowest BCUT2D eigenvalue weighted by atomic mass is 9.87. The first-order valence-corrected chi connectivity index (χ1v) is 8.62. The number of nitrogens with one attached hydrogen (secondary N) is 1. The van der Waals surface area contributed by atoms with Crippen molar-refractivity contribution in [3.63, 3.8) is 0 Å². The summed E-state index contributed by atoms with van der Waals surface area (Å²) in [5.74, 6) is 0.745. The van der Waals surface area contributed by atoms with Crippen LogP contribution in [0.15, 0.2) is 24.4 Å². The van der Waals surface area contributed by atoms with E-state index in [4.69, 9.17) is 0 Å². The second-order valence-corrected chi connectivity index (χ2v) is 7.01. The Bertz CT molecular complexity index is 439. The van der Waals surface area contributed by atoms with E-state index in [-0.39, 0.29) is 0 Å². The molecule has 1 aromatic heterocycles. The Morgan fingerprint density at radius 3 is 2.86 bits per heavy atom. The van der Waals surface area contributed by atoms with E-state index in [0.29, 0.717) is 11.6 Å². The van der Waals surface area contributed by atoms with E-state index in [1.54, 1.807) is 0 Å². The van der Waals surface area contributed by atoms with Crippen molar-refractivity contribution in [1.82, 2.24) is 15.2 Å². The van der Waals surface area contributed by atoms with Crippen molar-refractivity contribution in [2.75, 3.05) is 13.1 Å². The Morgan fingerprint density at radius 2 is 2.19 bits per heavy atom. The SMILES string of the molecule is CCC(C)C1CN(Cc2ccccn2)C2(CCCC2)CN1. The standard InChI is InChI=1S/C18H29N3/c1-3-15(2)17-13-21(12-16-8-4-7-11-19-16)18(14-20-17)9-5-6-10-18/h4,7-8,11,15,17,20H,3,5-6,9-10,12-14H2,1-2H3. The normalized spacial score (nSPS) is 27.0. The van der Waals surface area contributed by atoms with Crippen LogP contribution in [0.1, 0.15) is 51.6 Å². The molecule has 2 heterocycles. The molecule has 1 saturated heterocycles. The van der Waals surface area contributed by atoms with Crippen LogP contribution in [0.2, 0.25) is 0 Å². The van der Waals surface area contributed by atoms with Gasteiger partial charge >= 0.3 is 0 Å². The van der Waals surface area contributed by atoms with E-state index < -0.39 is 0 Å². The van der Waals surface area contributed by atoms with Gasteiger partial charge in [-0.15, -0.1) is 0 Å². The molecule has 2 atom stereocenters. The van der Waals surface area contributed by atoms with Crippen molar-refractivity contribution in [2.45, 2.75) is 64.1 Å². The zero-order chi connectivity index (χ0) is 14.7. The number of piperazine rings is 1. The molecule has 1 aliphatic heterocycles. The zero-order valence-electron chi connectivity index (χ0n) is 13.5. The molecule has 21 heavy (non-hydrogen) atoms. The van der Waals surface area contributed by atoms with E-state index in [9.17, 15) is 0 Å². The van der Waals surface area contributed by atoms with E-state index in [2.05, 4.69) is 41.2 Å². The van der Waals surface area contributed by atoms with Gasteiger partial charge in [0.2, 0.25) is 0 Å². The van der Waals surface area contributed by atoms with E-state index in [0.717, 1.165) is 19.0 Å². The molecule has 0 aromatic carbocycles. The molecule has 1 spiro atoms. The van der Waals surface area contributed by atoms with Gasteiger partial charge in [-0.25, -0.2) is 0 Å². The third-order valence-corrected chi connectivity index (χ3v) is 5.73. The van der Waals surface area contributed by atoms with Crippen LogP contribution < -0.4 is 5.32 Å². The minimum Gasteiger partial charge on any atom is -0.311 e. The topological polar surface area (TPSA) is 28.2 Å². The Labute approximate surface area is 129 Å². The van der Waals surface area contributed by atoms with Crippen LogP contribution in [0.3, 0.4) is 0 Å². The second kappa shape index (κ2) is 6.45. The van der Waals surface area contributed by atoms with Gasteiger partial charge in [-0.1, -0.05) is 39.2 Å². The first kappa shape index (κ1) is 15.0. The Morgan fingerprint density at radius 1 is 1.38 bits per heavy atom. The van der Waals surface area contributed by atoms with Crippen molar-refractivity contribution < 1.29 is 0 Å². The van der Waals surface area contributed by atoms with Gasteiger partial charge < -0.3 is 5.32 Å². The van der Waals surface area contributed by atoms with Crippen LogP contribution >= 0.6 is 0 Å². The second-order valence-electron chi connectivity index (χ2n) is 7.01. The van der Waals surface area contributed by atoms with Crippen LogP contribution in [0.4, 0.5) is 0 Å². The van der Waals surface area contributed by atoms with E-state index in [1.165, 1.54) is 44.3 Å². The Kier molecular flexibility index (Phi) is 4.60. The first-order chi connectivity index (χ1) is 10.2. The summed E-state index contributed by atoms with van der Waals surface area (Å²) in [7, 11) is 0. The number of pyridine rings is 1. The van der Waals surface area contributed by atoms with Crippen LogP contribution in [0, 0.1) is 5.92 Å². The summed E-state index contributed by atoms with van der Waals surface area (Å²) >= 11 is 0. The van der Waals surface area contributed by atoms with Crippen LogP contribution in [-0.4, -0.2) is 34.6 Å². The summed E-state index contributed by atoms with van der Waals surface area (Å²) in [5, 5.41) is 3.86. The Balaban J connectivity index is 1.76. The van der Waals surface area contributed by atoms with Crippen molar-refractivity contribution in [2.24, 2.45) is 5.92 Å². The van der Waals surface area contributed by atoms with E-state index in [1.807, 2.05) is 12.3 Å². The fourth-order valence-electron chi connectivity index (χ4n) is 4.04. The summed E-state index contributed by atoms with van der Waals surface area (Å²) < 4.78 is 0. The van der Waals surface area contributed by atoms with Crippen LogP contribution in [-0.2, 0) is 6.54 Å². The molecule has 2 aliphatic rings. The van der Waals surface area contributed by atoms with Crippen molar-refractivity contribution in [3.05, 3.63) is 30.1 Å². The van der Waals surface area contributed by atoms with E-state index >= 15 is 0 Å². The predicted octanol–water partition coefficient (Wildman–Crippen LogP) is 3.21. The lowest BCUT2D eigenvalue weighted by molar-refractivity contribution is 0.0229. The maximum atomic E-state index is 4.56. The molecule has 3 rings (SSSR count). The third-order valence-electron chi connectivity index (χ3n) is 5.73. The molecule has 1 saturated carbocycles. The summed E-state index contributed by atoms with van der Waals surface area (Å²) in [6.45, 7) is 8.02. The molecule has 3 nitrogen and oxygen atoms in total. The van der Waals surface area contributed by atoms with Crippen LogP contribution in [0.5, 0.6) is 0 Å². The fraction of sp³-hybridized carbons (Fsp3) is 0.722. The predicted molar refractivity (Wildman–Crippen MR) is 87.1 cm³/mol. The van der Waals surface area contributed by atoms with Crippen molar-refractivity contribution in [3.8, 4) is 0 Å². The summed E-state index contributed by atoms with van der Waals surface area (Å²) in [6, 6.07) is 6.92.